The van der Waals surface area contributed by atoms with Crippen molar-refractivity contribution in [2.75, 3.05) is 0 Å². The molecule has 0 saturated heterocycles. The van der Waals surface area contributed by atoms with E-state index in [0.29, 0.717) is 16.8 Å². The van der Waals surface area contributed by atoms with Crippen molar-refractivity contribution in [1.82, 2.24) is 19.6 Å². The summed E-state index contributed by atoms with van der Waals surface area (Å²) >= 11 is 6.01. The van der Waals surface area contributed by atoms with Crippen molar-refractivity contribution in [3.8, 4) is 5.88 Å². The second-order valence-corrected chi connectivity index (χ2v) is 4.88. The standard InChI is InChI=1S/C10H13ClN4O/c1-6-7(11)14-9-12-5-13-15(9)8(6)16-10(2,3)4/h5H,1-4H3. The van der Waals surface area contributed by atoms with Crippen molar-refractivity contribution in [1.29, 1.82) is 0 Å². The van der Waals surface area contributed by atoms with E-state index in [9.17, 15) is 0 Å². The Balaban J connectivity index is 2.65. The molecule has 0 aliphatic carbocycles. The summed E-state index contributed by atoms with van der Waals surface area (Å²) in [4.78, 5) is 8.09. The molecule has 0 radical (unpaired) electrons. The highest BCUT2D eigenvalue weighted by Gasteiger charge is 2.19. The molecular formula is C10H13ClN4O. The molecule has 0 bridgehead atoms. The number of hydrogen-bond donors (Lipinski definition) is 0. The van der Waals surface area contributed by atoms with Gasteiger partial charge in [-0.25, -0.2) is 0 Å². The van der Waals surface area contributed by atoms with Gasteiger partial charge in [0.05, 0.1) is 0 Å². The maximum Gasteiger partial charge on any atom is 0.256 e. The van der Waals surface area contributed by atoms with Crippen molar-refractivity contribution < 1.29 is 4.74 Å². The van der Waals surface area contributed by atoms with Crippen LogP contribution in [0.25, 0.3) is 5.78 Å². The zero-order chi connectivity index (χ0) is 11.9. The van der Waals surface area contributed by atoms with Crippen LogP contribution in [-0.4, -0.2) is 25.2 Å². The normalized spacial score (nSPS) is 12.1. The number of hydrogen-bond acceptors (Lipinski definition) is 4. The fourth-order valence-corrected chi connectivity index (χ4v) is 1.44. The molecule has 0 unspecified atom stereocenters. The van der Waals surface area contributed by atoms with Crippen LogP contribution in [0.5, 0.6) is 5.88 Å². The summed E-state index contributed by atoms with van der Waals surface area (Å²) in [5, 5.41) is 4.45. The van der Waals surface area contributed by atoms with E-state index in [2.05, 4.69) is 15.1 Å². The lowest BCUT2D eigenvalue weighted by molar-refractivity contribution is 0.119. The van der Waals surface area contributed by atoms with Gasteiger partial charge >= 0.3 is 0 Å². The lowest BCUT2D eigenvalue weighted by Crippen LogP contribution is -2.25. The van der Waals surface area contributed by atoms with E-state index in [1.54, 1.807) is 4.52 Å². The Hall–Kier alpha value is -1.36. The van der Waals surface area contributed by atoms with E-state index in [-0.39, 0.29) is 5.60 Å². The Morgan fingerprint density at radius 1 is 1.38 bits per heavy atom. The third-order valence-corrected chi connectivity index (χ3v) is 2.32. The molecule has 2 aromatic heterocycles. The molecule has 2 heterocycles. The Kier molecular flexibility index (Phi) is 2.50. The molecule has 86 valence electrons. The lowest BCUT2D eigenvalue weighted by Gasteiger charge is -2.22. The van der Waals surface area contributed by atoms with Gasteiger partial charge in [-0.05, 0) is 27.7 Å². The van der Waals surface area contributed by atoms with Crippen LogP contribution in [-0.2, 0) is 0 Å². The topological polar surface area (TPSA) is 52.3 Å². The molecule has 5 nitrogen and oxygen atoms in total. The average Bonchev–Trinajstić information content (AvgIpc) is 2.58. The zero-order valence-corrected chi connectivity index (χ0v) is 10.4. The molecule has 0 N–H and O–H groups in total. The van der Waals surface area contributed by atoms with Crippen LogP contribution in [0.15, 0.2) is 6.33 Å². The van der Waals surface area contributed by atoms with Crippen LogP contribution in [0, 0.1) is 6.92 Å². The summed E-state index contributed by atoms with van der Waals surface area (Å²) in [5.74, 6) is 1.02. The molecule has 16 heavy (non-hydrogen) atoms. The number of aromatic nitrogens is 4. The molecule has 0 aliphatic heterocycles. The lowest BCUT2D eigenvalue weighted by atomic mass is 10.2. The van der Waals surface area contributed by atoms with Gasteiger partial charge in [0.1, 0.15) is 17.1 Å². The van der Waals surface area contributed by atoms with Crippen molar-refractivity contribution in [3.63, 3.8) is 0 Å². The van der Waals surface area contributed by atoms with E-state index < -0.39 is 0 Å². The van der Waals surface area contributed by atoms with E-state index in [1.165, 1.54) is 6.33 Å². The molecular weight excluding hydrogens is 228 g/mol. The largest absolute Gasteiger partial charge is 0.472 e. The zero-order valence-electron chi connectivity index (χ0n) is 9.65. The summed E-state index contributed by atoms with van der Waals surface area (Å²) in [6.45, 7) is 7.73. The number of ether oxygens (including phenoxy) is 1. The molecule has 2 aromatic rings. The first-order valence-electron chi connectivity index (χ1n) is 4.93. The maximum atomic E-state index is 6.01. The summed E-state index contributed by atoms with van der Waals surface area (Å²) in [7, 11) is 0. The molecule has 0 aromatic carbocycles. The van der Waals surface area contributed by atoms with Crippen LogP contribution in [0.4, 0.5) is 0 Å². The minimum atomic E-state index is -0.325. The number of nitrogens with zero attached hydrogens (tertiary/aromatic N) is 4. The summed E-state index contributed by atoms with van der Waals surface area (Å²) < 4.78 is 7.37. The first-order valence-corrected chi connectivity index (χ1v) is 5.31. The van der Waals surface area contributed by atoms with Crippen LogP contribution >= 0.6 is 11.6 Å². The fourth-order valence-electron chi connectivity index (χ4n) is 1.28. The first kappa shape index (κ1) is 11.1. The fraction of sp³-hybridized carbons (Fsp3) is 0.500. The first-order chi connectivity index (χ1) is 7.38. The number of rotatable bonds is 1. The minimum Gasteiger partial charge on any atom is -0.472 e. The second-order valence-electron chi connectivity index (χ2n) is 4.52. The van der Waals surface area contributed by atoms with Gasteiger partial charge in [0.2, 0.25) is 5.88 Å². The van der Waals surface area contributed by atoms with Gasteiger partial charge in [-0.3, -0.25) is 0 Å². The Bertz CT molecular complexity index is 529. The van der Waals surface area contributed by atoms with Gasteiger partial charge in [-0.15, -0.1) is 0 Å². The van der Waals surface area contributed by atoms with Crippen LogP contribution < -0.4 is 4.74 Å². The highest BCUT2D eigenvalue weighted by molar-refractivity contribution is 6.30. The van der Waals surface area contributed by atoms with Gasteiger partial charge in [-0.1, -0.05) is 11.6 Å². The predicted octanol–water partition coefficient (Wildman–Crippen LogP) is 2.26. The molecule has 0 aliphatic rings. The van der Waals surface area contributed by atoms with Gasteiger partial charge in [0.15, 0.2) is 0 Å². The SMILES string of the molecule is Cc1c(Cl)nc2ncnn2c1OC(C)(C)C. The molecule has 0 amide bonds. The molecule has 0 spiro atoms. The third-order valence-electron chi connectivity index (χ3n) is 1.95. The Morgan fingerprint density at radius 3 is 2.69 bits per heavy atom. The Labute approximate surface area is 98.4 Å². The molecule has 0 saturated carbocycles. The highest BCUT2D eigenvalue weighted by Crippen LogP contribution is 2.27. The van der Waals surface area contributed by atoms with Crippen molar-refractivity contribution >= 4 is 17.4 Å². The average molecular weight is 241 g/mol. The van der Waals surface area contributed by atoms with Gasteiger partial charge < -0.3 is 4.74 Å². The molecule has 0 atom stereocenters. The van der Waals surface area contributed by atoms with Gasteiger partial charge in [0, 0.05) is 5.56 Å². The number of fused-ring (bicyclic) bond motifs is 1. The van der Waals surface area contributed by atoms with Crippen LogP contribution in [0.1, 0.15) is 26.3 Å². The minimum absolute atomic E-state index is 0.325. The van der Waals surface area contributed by atoms with Gasteiger partial charge in [-0.2, -0.15) is 19.6 Å². The summed E-state index contributed by atoms with van der Waals surface area (Å²) in [6, 6.07) is 0. The maximum absolute atomic E-state index is 6.01. The quantitative estimate of drug-likeness (QED) is 0.718. The van der Waals surface area contributed by atoms with Crippen LogP contribution in [0.2, 0.25) is 5.15 Å². The van der Waals surface area contributed by atoms with E-state index in [1.807, 2.05) is 27.7 Å². The smallest absolute Gasteiger partial charge is 0.256 e. The van der Waals surface area contributed by atoms with Crippen molar-refractivity contribution in [3.05, 3.63) is 17.0 Å². The third kappa shape index (κ3) is 1.95. The Morgan fingerprint density at radius 2 is 2.06 bits per heavy atom. The van der Waals surface area contributed by atoms with Crippen molar-refractivity contribution in [2.24, 2.45) is 0 Å². The molecule has 6 heteroatoms. The van der Waals surface area contributed by atoms with E-state index >= 15 is 0 Å². The van der Waals surface area contributed by atoms with E-state index in [0.717, 1.165) is 5.56 Å². The summed E-state index contributed by atoms with van der Waals surface area (Å²) in [6.07, 6.45) is 1.42. The van der Waals surface area contributed by atoms with Crippen molar-refractivity contribution in [2.45, 2.75) is 33.3 Å². The monoisotopic (exact) mass is 240 g/mol. The second kappa shape index (κ2) is 3.59. The van der Waals surface area contributed by atoms with E-state index in [4.69, 9.17) is 16.3 Å². The molecule has 0 fully saturated rings. The van der Waals surface area contributed by atoms with Crippen LogP contribution in [0.3, 0.4) is 0 Å². The predicted molar refractivity (Wildman–Crippen MR) is 60.9 cm³/mol. The molecule has 2 rings (SSSR count). The highest BCUT2D eigenvalue weighted by atomic mass is 35.5. The van der Waals surface area contributed by atoms with Gasteiger partial charge in [0.25, 0.3) is 5.78 Å². The number of halogens is 1. The summed E-state index contributed by atoms with van der Waals surface area (Å²) in [5.41, 5.74) is 0.434.